The number of terminal acetylenes is 1. The number of aromatic amines is 1. The Morgan fingerprint density at radius 2 is 2.03 bits per heavy atom. The van der Waals surface area contributed by atoms with Crippen molar-refractivity contribution in [2.45, 2.75) is 37.3 Å². The summed E-state index contributed by atoms with van der Waals surface area (Å²) in [4.78, 5) is 27.4. The zero-order chi connectivity index (χ0) is 22.2. The highest BCUT2D eigenvalue weighted by Crippen LogP contribution is 2.40. The van der Waals surface area contributed by atoms with Crippen LogP contribution in [0.4, 0.5) is 8.78 Å². The van der Waals surface area contributed by atoms with Crippen molar-refractivity contribution in [2.75, 3.05) is 6.54 Å². The van der Waals surface area contributed by atoms with Gasteiger partial charge in [0.25, 0.3) is 5.91 Å². The van der Waals surface area contributed by atoms with Gasteiger partial charge in [0.2, 0.25) is 5.91 Å². The minimum Gasteiger partial charge on any atom is -0.389 e. The number of nitrogens with one attached hydrogen (secondary N) is 3. The van der Waals surface area contributed by atoms with Gasteiger partial charge in [0.1, 0.15) is 17.3 Å². The van der Waals surface area contributed by atoms with Crippen LogP contribution in [0.1, 0.15) is 36.2 Å². The Morgan fingerprint density at radius 1 is 1.26 bits per heavy atom. The van der Waals surface area contributed by atoms with Crippen molar-refractivity contribution in [2.24, 2.45) is 11.8 Å². The average molecular weight is 427 g/mol. The number of aromatic nitrogens is 1. The van der Waals surface area contributed by atoms with Gasteiger partial charge in [-0.15, -0.1) is 12.3 Å². The molecule has 2 aliphatic carbocycles. The molecule has 0 aliphatic heterocycles. The fourth-order valence-corrected chi connectivity index (χ4v) is 4.31. The van der Waals surface area contributed by atoms with Gasteiger partial charge in [-0.2, -0.15) is 0 Å². The third-order valence-electron chi connectivity index (χ3n) is 5.98. The van der Waals surface area contributed by atoms with E-state index in [9.17, 15) is 23.5 Å². The monoisotopic (exact) mass is 427 g/mol. The van der Waals surface area contributed by atoms with Gasteiger partial charge in [0.15, 0.2) is 0 Å². The van der Waals surface area contributed by atoms with Crippen molar-refractivity contribution >= 4 is 22.7 Å². The van der Waals surface area contributed by atoms with Crippen LogP contribution in [0.25, 0.3) is 10.9 Å². The molecule has 2 aromatic rings. The Labute approximate surface area is 178 Å². The molecule has 0 saturated heterocycles. The molecule has 1 fully saturated rings. The number of carbonyl (C=O) groups is 2. The first-order valence-corrected chi connectivity index (χ1v) is 10.2. The number of halogens is 2. The summed E-state index contributed by atoms with van der Waals surface area (Å²) in [5.74, 6) is 0.260. The van der Waals surface area contributed by atoms with Crippen LogP contribution < -0.4 is 10.6 Å². The molecule has 2 aliphatic rings. The van der Waals surface area contributed by atoms with Crippen LogP contribution in [-0.4, -0.2) is 40.1 Å². The predicted molar refractivity (Wildman–Crippen MR) is 111 cm³/mol. The molecular weight excluding hydrogens is 404 g/mol. The maximum Gasteiger partial charge on any atom is 0.267 e. The van der Waals surface area contributed by atoms with Gasteiger partial charge in [-0.3, -0.25) is 9.59 Å². The summed E-state index contributed by atoms with van der Waals surface area (Å²) >= 11 is 0. The molecule has 1 heterocycles. The Bertz CT molecular complexity index is 1100. The van der Waals surface area contributed by atoms with Gasteiger partial charge >= 0.3 is 0 Å². The van der Waals surface area contributed by atoms with Crippen molar-refractivity contribution in [3.05, 3.63) is 47.7 Å². The highest BCUT2D eigenvalue weighted by Gasteiger charge is 2.45. The van der Waals surface area contributed by atoms with Gasteiger partial charge in [0, 0.05) is 36.4 Å². The number of H-pyrrole nitrogens is 1. The van der Waals surface area contributed by atoms with E-state index in [1.54, 1.807) is 0 Å². The Hall–Kier alpha value is -3.18. The second-order valence-electron chi connectivity index (χ2n) is 8.45. The molecule has 1 saturated carbocycles. The van der Waals surface area contributed by atoms with Gasteiger partial charge in [-0.25, -0.2) is 8.78 Å². The van der Waals surface area contributed by atoms with Crippen molar-refractivity contribution in [3.63, 3.8) is 0 Å². The first-order chi connectivity index (χ1) is 14.8. The minimum absolute atomic E-state index is 0.0348. The van der Waals surface area contributed by atoms with Crippen LogP contribution in [-0.2, 0) is 4.79 Å². The lowest BCUT2D eigenvalue weighted by molar-refractivity contribution is -0.141. The molecule has 1 aromatic heterocycles. The summed E-state index contributed by atoms with van der Waals surface area (Å²) in [5, 5.41) is 16.0. The normalized spacial score (nSPS) is 27.0. The quantitative estimate of drug-likeness (QED) is 0.421. The van der Waals surface area contributed by atoms with Crippen molar-refractivity contribution in [1.29, 1.82) is 0 Å². The molecular formula is C23H23F2N3O3. The smallest absolute Gasteiger partial charge is 0.267 e. The van der Waals surface area contributed by atoms with Gasteiger partial charge in [-0.1, -0.05) is 12.2 Å². The summed E-state index contributed by atoms with van der Waals surface area (Å²) in [6, 6.07) is 3.13. The zero-order valence-electron chi connectivity index (χ0n) is 16.8. The zero-order valence-corrected chi connectivity index (χ0v) is 16.8. The Balaban J connectivity index is 1.24. The maximum absolute atomic E-state index is 13.8. The third kappa shape index (κ3) is 4.47. The van der Waals surface area contributed by atoms with E-state index in [2.05, 4.69) is 21.5 Å². The second kappa shape index (κ2) is 8.16. The average Bonchev–Trinajstić information content (AvgIpc) is 3.31. The lowest BCUT2D eigenvalue weighted by Gasteiger charge is -2.41. The topological polar surface area (TPSA) is 94.2 Å². The highest BCUT2D eigenvalue weighted by molar-refractivity contribution is 5.98. The molecule has 4 N–H and O–H groups in total. The molecule has 8 heteroatoms. The van der Waals surface area contributed by atoms with Gasteiger partial charge in [0.05, 0.1) is 11.1 Å². The summed E-state index contributed by atoms with van der Waals surface area (Å²) in [6.07, 6.45) is 10.7. The molecule has 2 amide bonds. The van der Waals surface area contributed by atoms with Crippen molar-refractivity contribution < 1.29 is 23.5 Å². The number of hydrogen-bond acceptors (Lipinski definition) is 3. The molecule has 162 valence electrons. The maximum atomic E-state index is 13.8. The molecule has 0 bridgehead atoms. The standard InChI is InChI=1S/C23H23F2N3O3/c1-2-5-23(31)10-14(11-23)21(29)27-16-4-3-13(6-16)12-26-22(30)20-9-17-18(25)7-15(24)8-19(17)28-20/h1,3-4,7-9,13-14,16,28,31H,5-6,10-12H2,(H,26,30)(H,27,29)/t13-,14?,16+,23?/m0/s1. The van der Waals surface area contributed by atoms with E-state index in [1.165, 1.54) is 6.07 Å². The largest absolute Gasteiger partial charge is 0.389 e. The Kier molecular flexibility index (Phi) is 5.54. The number of amides is 2. The first-order valence-electron chi connectivity index (χ1n) is 10.2. The second-order valence-corrected chi connectivity index (χ2v) is 8.45. The van der Waals surface area contributed by atoms with E-state index < -0.39 is 23.1 Å². The number of fused-ring (bicyclic) bond motifs is 1. The SMILES string of the molecule is C#CCC1(O)CC(C(=O)N[C@@H]2C=C[C@H](CNC(=O)c3cc4c(F)cc(F)cc4[nH]3)C2)C1. The summed E-state index contributed by atoms with van der Waals surface area (Å²) in [7, 11) is 0. The number of rotatable bonds is 6. The Morgan fingerprint density at radius 3 is 2.77 bits per heavy atom. The number of benzene rings is 1. The number of carbonyl (C=O) groups excluding carboxylic acids is 2. The van der Waals surface area contributed by atoms with Crippen LogP contribution >= 0.6 is 0 Å². The van der Waals surface area contributed by atoms with E-state index >= 15 is 0 Å². The third-order valence-corrected chi connectivity index (χ3v) is 5.98. The molecule has 2 atom stereocenters. The summed E-state index contributed by atoms with van der Waals surface area (Å²) < 4.78 is 27.1. The van der Waals surface area contributed by atoms with Crippen LogP contribution in [0.3, 0.4) is 0 Å². The van der Waals surface area contributed by atoms with Crippen LogP contribution in [0.2, 0.25) is 0 Å². The van der Waals surface area contributed by atoms with Gasteiger partial charge < -0.3 is 20.7 Å². The predicted octanol–water partition coefficient (Wildman–Crippen LogP) is 2.40. The summed E-state index contributed by atoms with van der Waals surface area (Å²) in [6.45, 7) is 0.346. The molecule has 4 rings (SSSR count). The fraction of sp³-hybridized carbons (Fsp3) is 0.391. The van der Waals surface area contributed by atoms with Crippen molar-refractivity contribution in [3.8, 4) is 12.3 Å². The molecule has 0 unspecified atom stereocenters. The van der Waals surface area contributed by atoms with E-state index in [1.807, 2.05) is 12.2 Å². The lowest BCUT2D eigenvalue weighted by Crippen LogP contribution is -2.51. The van der Waals surface area contributed by atoms with Crippen molar-refractivity contribution in [1.82, 2.24) is 15.6 Å². The fourth-order valence-electron chi connectivity index (χ4n) is 4.31. The van der Waals surface area contributed by atoms with E-state index in [4.69, 9.17) is 6.42 Å². The van der Waals surface area contributed by atoms with Crippen LogP contribution in [0.15, 0.2) is 30.4 Å². The summed E-state index contributed by atoms with van der Waals surface area (Å²) in [5.41, 5.74) is -0.557. The number of hydrogen-bond donors (Lipinski definition) is 4. The molecule has 0 radical (unpaired) electrons. The lowest BCUT2D eigenvalue weighted by atomic mass is 9.69. The minimum atomic E-state index is -0.924. The molecule has 6 nitrogen and oxygen atoms in total. The van der Waals surface area contributed by atoms with Gasteiger partial charge in [-0.05, 0) is 37.3 Å². The molecule has 0 spiro atoms. The molecule has 1 aromatic carbocycles. The molecule has 31 heavy (non-hydrogen) atoms. The van der Waals surface area contributed by atoms with E-state index in [0.717, 1.165) is 12.1 Å². The van der Waals surface area contributed by atoms with Crippen LogP contribution in [0, 0.1) is 35.8 Å². The first kappa shape index (κ1) is 21.1. The van der Waals surface area contributed by atoms with E-state index in [0.29, 0.717) is 25.8 Å². The number of aliphatic hydroxyl groups is 1. The highest BCUT2D eigenvalue weighted by atomic mass is 19.1. The van der Waals surface area contributed by atoms with E-state index in [-0.39, 0.29) is 46.8 Å². The van der Waals surface area contributed by atoms with Crippen LogP contribution in [0.5, 0.6) is 0 Å².